The van der Waals surface area contributed by atoms with E-state index in [1.807, 2.05) is 42.5 Å². The maximum absolute atomic E-state index is 5.97. The van der Waals surface area contributed by atoms with Crippen LogP contribution in [-0.4, -0.2) is 4.98 Å². The molecule has 2 aromatic carbocycles. The summed E-state index contributed by atoms with van der Waals surface area (Å²) < 4.78 is 5.90. The fourth-order valence-electron chi connectivity index (χ4n) is 2.29. The van der Waals surface area contributed by atoms with Crippen molar-refractivity contribution in [3.05, 3.63) is 70.9 Å². The Labute approximate surface area is 128 Å². The second kappa shape index (κ2) is 6.12. The van der Waals surface area contributed by atoms with Gasteiger partial charge in [-0.1, -0.05) is 35.9 Å². The predicted molar refractivity (Wildman–Crippen MR) is 85.4 cm³/mol. The zero-order valence-corrected chi connectivity index (χ0v) is 12.2. The van der Waals surface area contributed by atoms with Gasteiger partial charge in [0.05, 0.1) is 5.52 Å². The van der Waals surface area contributed by atoms with E-state index in [-0.39, 0.29) is 0 Å². The Morgan fingerprint density at radius 1 is 1.05 bits per heavy atom. The molecule has 0 atom stereocenters. The molecule has 106 valence electrons. The number of nitrogens with two attached hydrogens (primary N) is 1. The second-order valence-electron chi connectivity index (χ2n) is 4.74. The van der Waals surface area contributed by atoms with Gasteiger partial charge in [0, 0.05) is 34.3 Å². The van der Waals surface area contributed by atoms with Crippen molar-refractivity contribution in [3.8, 4) is 5.75 Å². The molecular formula is C17H15ClN2O. The molecule has 1 aromatic heterocycles. The van der Waals surface area contributed by atoms with Crippen LogP contribution in [0.15, 0.2) is 54.7 Å². The third-order valence-electron chi connectivity index (χ3n) is 3.34. The number of hydrogen-bond acceptors (Lipinski definition) is 3. The Bertz CT molecular complexity index is 768. The van der Waals surface area contributed by atoms with Crippen molar-refractivity contribution in [2.75, 3.05) is 0 Å². The molecule has 0 spiro atoms. The van der Waals surface area contributed by atoms with Crippen molar-refractivity contribution in [2.24, 2.45) is 5.73 Å². The van der Waals surface area contributed by atoms with E-state index in [1.54, 1.807) is 12.3 Å². The minimum Gasteiger partial charge on any atom is -0.488 e. The van der Waals surface area contributed by atoms with Crippen LogP contribution in [0.25, 0.3) is 10.9 Å². The minimum absolute atomic E-state index is 0.393. The molecular weight excluding hydrogens is 284 g/mol. The highest BCUT2D eigenvalue weighted by Gasteiger charge is 2.06. The summed E-state index contributed by atoms with van der Waals surface area (Å²) in [6.07, 6.45) is 1.79. The lowest BCUT2D eigenvalue weighted by Crippen LogP contribution is -2.03. The van der Waals surface area contributed by atoms with Crippen LogP contribution >= 0.6 is 11.6 Å². The lowest BCUT2D eigenvalue weighted by molar-refractivity contribution is 0.304. The van der Waals surface area contributed by atoms with Crippen LogP contribution in [0.1, 0.15) is 11.1 Å². The Hall–Kier alpha value is -2.10. The molecule has 2 N–H and O–H groups in total. The average molecular weight is 299 g/mol. The largest absolute Gasteiger partial charge is 0.488 e. The fourth-order valence-corrected chi connectivity index (χ4v) is 2.48. The molecule has 0 aliphatic rings. The number of rotatable bonds is 4. The first-order valence-corrected chi connectivity index (χ1v) is 7.09. The number of fused-ring (bicyclic) bond motifs is 1. The lowest BCUT2D eigenvalue weighted by Gasteiger charge is -2.12. The number of pyridine rings is 1. The van der Waals surface area contributed by atoms with Gasteiger partial charge in [0.15, 0.2) is 0 Å². The van der Waals surface area contributed by atoms with Crippen LogP contribution in [-0.2, 0) is 13.2 Å². The zero-order valence-electron chi connectivity index (χ0n) is 11.4. The van der Waals surface area contributed by atoms with Crippen molar-refractivity contribution in [1.82, 2.24) is 4.98 Å². The first kappa shape index (κ1) is 13.9. The summed E-state index contributed by atoms with van der Waals surface area (Å²) in [4.78, 5) is 4.42. The minimum atomic E-state index is 0.393. The molecule has 0 saturated carbocycles. The molecule has 0 bridgehead atoms. The van der Waals surface area contributed by atoms with Gasteiger partial charge >= 0.3 is 0 Å². The molecule has 3 nitrogen and oxygen atoms in total. The highest BCUT2D eigenvalue weighted by Crippen LogP contribution is 2.24. The maximum atomic E-state index is 5.97. The smallest absolute Gasteiger partial charge is 0.124 e. The molecule has 0 aliphatic heterocycles. The molecule has 0 saturated heterocycles. The summed E-state index contributed by atoms with van der Waals surface area (Å²) in [5.41, 5.74) is 8.64. The standard InChI is InChI=1S/C17H15ClN2O/c18-15-6-7-16(14(9-15)10-19)21-11-13-4-1-3-12-5-2-8-20-17(12)13/h1-9H,10-11,19H2. The van der Waals surface area contributed by atoms with E-state index >= 15 is 0 Å². The zero-order chi connectivity index (χ0) is 14.7. The molecule has 0 fully saturated rings. The summed E-state index contributed by atoms with van der Waals surface area (Å²) in [7, 11) is 0. The Balaban J connectivity index is 1.87. The van der Waals surface area contributed by atoms with Crippen LogP contribution in [0.3, 0.4) is 0 Å². The van der Waals surface area contributed by atoms with E-state index in [4.69, 9.17) is 22.1 Å². The van der Waals surface area contributed by atoms with E-state index in [0.29, 0.717) is 18.2 Å². The average Bonchev–Trinajstić information content (AvgIpc) is 2.53. The third kappa shape index (κ3) is 2.99. The number of benzene rings is 2. The Morgan fingerprint density at radius 3 is 2.76 bits per heavy atom. The summed E-state index contributed by atoms with van der Waals surface area (Å²) in [5, 5.41) is 1.77. The number of aromatic nitrogens is 1. The van der Waals surface area contributed by atoms with Gasteiger partial charge < -0.3 is 10.5 Å². The molecule has 0 unspecified atom stereocenters. The van der Waals surface area contributed by atoms with Crippen LogP contribution in [0.2, 0.25) is 5.02 Å². The van der Waals surface area contributed by atoms with Gasteiger partial charge in [0.25, 0.3) is 0 Å². The van der Waals surface area contributed by atoms with E-state index in [2.05, 4.69) is 4.98 Å². The molecule has 0 aliphatic carbocycles. The normalized spacial score (nSPS) is 10.8. The topological polar surface area (TPSA) is 48.1 Å². The van der Waals surface area contributed by atoms with Gasteiger partial charge in [0.2, 0.25) is 0 Å². The first-order valence-electron chi connectivity index (χ1n) is 6.72. The van der Waals surface area contributed by atoms with E-state index in [0.717, 1.165) is 27.8 Å². The molecule has 4 heteroatoms. The van der Waals surface area contributed by atoms with Gasteiger partial charge in [-0.2, -0.15) is 0 Å². The van der Waals surface area contributed by atoms with Gasteiger partial charge in [-0.3, -0.25) is 4.98 Å². The highest BCUT2D eigenvalue weighted by molar-refractivity contribution is 6.30. The van der Waals surface area contributed by atoms with E-state index < -0.39 is 0 Å². The molecule has 1 heterocycles. The Kier molecular flexibility index (Phi) is 4.04. The summed E-state index contributed by atoms with van der Waals surface area (Å²) in [6, 6.07) is 15.5. The van der Waals surface area contributed by atoms with Crippen molar-refractivity contribution >= 4 is 22.5 Å². The lowest BCUT2D eigenvalue weighted by atomic mass is 10.1. The van der Waals surface area contributed by atoms with E-state index in [9.17, 15) is 0 Å². The number of nitrogens with zero attached hydrogens (tertiary/aromatic N) is 1. The summed E-state index contributed by atoms with van der Waals surface area (Å²) in [6.45, 7) is 0.840. The van der Waals surface area contributed by atoms with Crippen molar-refractivity contribution in [2.45, 2.75) is 13.2 Å². The molecule has 3 rings (SSSR count). The van der Waals surface area contributed by atoms with Gasteiger partial charge in [-0.15, -0.1) is 0 Å². The van der Waals surface area contributed by atoms with E-state index in [1.165, 1.54) is 0 Å². The monoisotopic (exact) mass is 298 g/mol. The van der Waals surface area contributed by atoms with Crippen molar-refractivity contribution in [3.63, 3.8) is 0 Å². The number of halogens is 1. The number of ether oxygens (including phenoxy) is 1. The predicted octanol–water partition coefficient (Wildman–Crippen LogP) is 3.93. The van der Waals surface area contributed by atoms with Crippen LogP contribution < -0.4 is 10.5 Å². The van der Waals surface area contributed by atoms with Crippen molar-refractivity contribution in [1.29, 1.82) is 0 Å². The van der Waals surface area contributed by atoms with Gasteiger partial charge in [-0.05, 0) is 24.3 Å². The first-order chi connectivity index (χ1) is 10.3. The van der Waals surface area contributed by atoms with Crippen LogP contribution in [0, 0.1) is 0 Å². The second-order valence-corrected chi connectivity index (χ2v) is 5.17. The Morgan fingerprint density at radius 2 is 1.90 bits per heavy atom. The van der Waals surface area contributed by atoms with Gasteiger partial charge in [-0.25, -0.2) is 0 Å². The SMILES string of the molecule is NCc1cc(Cl)ccc1OCc1cccc2cccnc12. The van der Waals surface area contributed by atoms with Crippen LogP contribution in [0.5, 0.6) is 5.75 Å². The molecule has 0 radical (unpaired) electrons. The molecule has 21 heavy (non-hydrogen) atoms. The maximum Gasteiger partial charge on any atom is 0.124 e. The third-order valence-corrected chi connectivity index (χ3v) is 3.58. The summed E-state index contributed by atoms with van der Waals surface area (Å²) >= 11 is 5.97. The highest BCUT2D eigenvalue weighted by atomic mass is 35.5. The van der Waals surface area contributed by atoms with Gasteiger partial charge in [0.1, 0.15) is 12.4 Å². The van der Waals surface area contributed by atoms with Crippen molar-refractivity contribution < 1.29 is 4.74 Å². The quantitative estimate of drug-likeness (QED) is 0.794. The summed E-state index contributed by atoms with van der Waals surface area (Å²) in [5.74, 6) is 0.759. The number of para-hydroxylation sites is 1. The number of hydrogen-bond donors (Lipinski definition) is 1. The fraction of sp³-hybridized carbons (Fsp3) is 0.118. The van der Waals surface area contributed by atoms with Crippen LogP contribution in [0.4, 0.5) is 0 Å². The molecule has 0 amide bonds. The molecule has 3 aromatic rings.